The number of anilines is 2. The van der Waals surface area contributed by atoms with Crippen LogP contribution >= 0.6 is 31.9 Å². The molecule has 0 radical (unpaired) electrons. The molecule has 0 aliphatic carbocycles. The molecule has 0 heterocycles. The van der Waals surface area contributed by atoms with Gasteiger partial charge in [0, 0.05) is 20.3 Å². The Morgan fingerprint density at radius 3 is 2.18 bits per heavy atom. The van der Waals surface area contributed by atoms with Crippen molar-refractivity contribution in [1.82, 2.24) is 0 Å². The fourth-order valence-corrected chi connectivity index (χ4v) is 4.22. The van der Waals surface area contributed by atoms with Crippen LogP contribution in [0.1, 0.15) is 0 Å². The molecule has 0 saturated carbocycles. The van der Waals surface area contributed by atoms with E-state index in [1.54, 1.807) is 24.3 Å². The fraction of sp³-hybridized carbons (Fsp3) is 0. The Kier molecular flexibility index (Phi) is 5.09. The van der Waals surface area contributed by atoms with E-state index >= 15 is 0 Å². The van der Waals surface area contributed by atoms with Crippen LogP contribution in [0.2, 0.25) is 0 Å². The number of amides is 2. The van der Waals surface area contributed by atoms with Crippen LogP contribution in [0.5, 0.6) is 0 Å². The van der Waals surface area contributed by atoms with Crippen molar-refractivity contribution in [1.29, 1.82) is 0 Å². The number of hydrogen-bond donors (Lipinski definition) is 3. The molecule has 0 atom stereocenters. The van der Waals surface area contributed by atoms with Gasteiger partial charge in [0.15, 0.2) is 0 Å². The van der Waals surface area contributed by atoms with Crippen LogP contribution in [0, 0.1) is 0 Å². The van der Waals surface area contributed by atoms with Crippen LogP contribution in [0.4, 0.5) is 16.2 Å². The number of carbonyl (C=O) groups excluding carboxylic acids is 1. The van der Waals surface area contributed by atoms with Gasteiger partial charge in [-0.2, -0.15) is 0 Å². The molecule has 0 aliphatic rings. The number of halogens is 2. The van der Waals surface area contributed by atoms with Gasteiger partial charge in [0.1, 0.15) is 4.90 Å². The van der Waals surface area contributed by atoms with Gasteiger partial charge < -0.3 is 11.1 Å². The Morgan fingerprint density at radius 1 is 1.00 bits per heavy atom. The van der Waals surface area contributed by atoms with Crippen molar-refractivity contribution in [2.24, 2.45) is 5.73 Å². The highest BCUT2D eigenvalue weighted by Crippen LogP contribution is 2.27. The third kappa shape index (κ3) is 4.21. The predicted molar refractivity (Wildman–Crippen MR) is 92.3 cm³/mol. The summed E-state index contributed by atoms with van der Waals surface area (Å²) in [6.07, 6.45) is 0. The molecule has 2 aromatic carbocycles. The standard InChI is InChI=1S/C13H11Br2N3O3S/c14-8-1-6-11(15)12(7-8)22(20,21)18-10-4-2-9(3-5-10)17-13(16)19/h1-7,18H,(H3,16,17,19). The average Bonchev–Trinajstić information content (AvgIpc) is 2.43. The molecular formula is C13H11Br2N3O3S. The largest absolute Gasteiger partial charge is 0.351 e. The van der Waals surface area contributed by atoms with Gasteiger partial charge in [-0.15, -0.1) is 0 Å². The van der Waals surface area contributed by atoms with E-state index in [0.717, 1.165) is 0 Å². The fourth-order valence-electron chi connectivity index (χ4n) is 1.66. The molecule has 2 amide bonds. The molecule has 0 unspecified atom stereocenters. The van der Waals surface area contributed by atoms with Gasteiger partial charge in [0.2, 0.25) is 0 Å². The summed E-state index contributed by atoms with van der Waals surface area (Å²) in [5, 5.41) is 2.39. The van der Waals surface area contributed by atoms with Crippen molar-refractivity contribution >= 4 is 59.3 Å². The van der Waals surface area contributed by atoms with E-state index in [0.29, 0.717) is 20.3 Å². The first-order valence-corrected chi connectivity index (χ1v) is 8.99. The summed E-state index contributed by atoms with van der Waals surface area (Å²) in [4.78, 5) is 10.8. The molecule has 0 spiro atoms. The van der Waals surface area contributed by atoms with E-state index < -0.39 is 16.1 Å². The third-order valence-corrected chi connectivity index (χ3v) is 5.46. The lowest BCUT2D eigenvalue weighted by molar-refractivity contribution is 0.259. The van der Waals surface area contributed by atoms with E-state index in [-0.39, 0.29) is 4.90 Å². The number of nitrogens with two attached hydrogens (primary N) is 1. The summed E-state index contributed by atoms with van der Waals surface area (Å²) in [6.45, 7) is 0. The smallest absolute Gasteiger partial charge is 0.316 e. The number of sulfonamides is 1. The van der Waals surface area contributed by atoms with Gasteiger partial charge in [-0.3, -0.25) is 4.72 Å². The summed E-state index contributed by atoms with van der Waals surface area (Å²) in [7, 11) is -3.74. The van der Waals surface area contributed by atoms with Crippen molar-refractivity contribution in [3.8, 4) is 0 Å². The number of benzene rings is 2. The lowest BCUT2D eigenvalue weighted by Gasteiger charge is -2.10. The molecule has 2 aromatic rings. The maximum Gasteiger partial charge on any atom is 0.316 e. The second-order valence-electron chi connectivity index (χ2n) is 4.25. The van der Waals surface area contributed by atoms with E-state index in [2.05, 4.69) is 41.9 Å². The van der Waals surface area contributed by atoms with Crippen molar-refractivity contribution in [2.45, 2.75) is 4.90 Å². The van der Waals surface area contributed by atoms with Crippen LogP contribution in [0.3, 0.4) is 0 Å². The Hall–Kier alpha value is -1.58. The topological polar surface area (TPSA) is 101 Å². The number of rotatable bonds is 4. The summed E-state index contributed by atoms with van der Waals surface area (Å²) >= 11 is 6.46. The second-order valence-corrected chi connectivity index (χ2v) is 7.67. The van der Waals surface area contributed by atoms with E-state index in [1.807, 2.05) is 0 Å². The van der Waals surface area contributed by atoms with Gasteiger partial charge in [-0.05, 0) is 58.4 Å². The number of nitrogens with one attached hydrogen (secondary N) is 2. The second kappa shape index (κ2) is 6.67. The third-order valence-electron chi connectivity index (χ3n) is 2.59. The Balaban J connectivity index is 2.25. The number of carbonyl (C=O) groups is 1. The van der Waals surface area contributed by atoms with Crippen molar-refractivity contribution in [3.63, 3.8) is 0 Å². The predicted octanol–water partition coefficient (Wildman–Crippen LogP) is 3.50. The zero-order valence-electron chi connectivity index (χ0n) is 11.0. The van der Waals surface area contributed by atoms with Gasteiger partial charge >= 0.3 is 6.03 Å². The number of primary amides is 1. The SMILES string of the molecule is NC(=O)Nc1ccc(NS(=O)(=O)c2cc(Br)ccc2Br)cc1. The summed E-state index contributed by atoms with van der Waals surface area (Å²) < 4.78 is 28.3. The van der Waals surface area contributed by atoms with Crippen LogP contribution < -0.4 is 15.8 Å². The van der Waals surface area contributed by atoms with E-state index in [1.165, 1.54) is 18.2 Å². The minimum absolute atomic E-state index is 0.112. The molecular weight excluding hydrogens is 438 g/mol. The first kappa shape index (κ1) is 16.8. The first-order valence-electron chi connectivity index (χ1n) is 5.92. The van der Waals surface area contributed by atoms with Gasteiger partial charge in [0.05, 0.1) is 0 Å². The van der Waals surface area contributed by atoms with Crippen LogP contribution in [-0.4, -0.2) is 14.4 Å². The molecule has 116 valence electrons. The quantitative estimate of drug-likeness (QED) is 0.666. The van der Waals surface area contributed by atoms with Gasteiger partial charge in [0.25, 0.3) is 10.0 Å². The first-order chi connectivity index (χ1) is 10.3. The molecule has 4 N–H and O–H groups in total. The zero-order valence-corrected chi connectivity index (χ0v) is 15.0. The summed E-state index contributed by atoms with van der Waals surface area (Å²) in [5.41, 5.74) is 5.83. The molecule has 0 aromatic heterocycles. The maximum atomic E-state index is 12.4. The minimum atomic E-state index is -3.74. The molecule has 22 heavy (non-hydrogen) atoms. The zero-order chi connectivity index (χ0) is 16.3. The lowest BCUT2D eigenvalue weighted by atomic mass is 10.3. The van der Waals surface area contributed by atoms with Crippen molar-refractivity contribution < 1.29 is 13.2 Å². The van der Waals surface area contributed by atoms with Gasteiger partial charge in [-0.25, -0.2) is 13.2 Å². The Morgan fingerprint density at radius 2 is 1.59 bits per heavy atom. The molecule has 2 rings (SSSR count). The Labute approximate surface area is 144 Å². The van der Waals surface area contributed by atoms with Crippen LogP contribution in [0.25, 0.3) is 0 Å². The molecule has 0 saturated heterocycles. The Bertz CT molecular complexity index is 808. The molecule has 0 fully saturated rings. The molecule has 0 aliphatic heterocycles. The lowest BCUT2D eigenvalue weighted by Crippen LogP contribution is -2.19. The van der Waals surface area contributed by atoms with Crippen molar-refractivity contribution in [2.75, 3.05) is 10.0 Å². The van der Waals surface area contributed by atoms with Crippen LogP contribution in [-0.2, 0) is 10.0 Å². The van der Waals surface area contributed by atoms with Crippen molar-refractivity contribution in [3.05, 3.63) is 51.4 Å². The highest BCUT2D eigenvalue weighted by atomic mass is 79.9. The monoisotopic (exact) mass is 447 g/mol. The molecule has 6 nitrogen and oxygen atoms in total. The highest BCUT2D eigenvalue weighted by molar-refractivity contribution is 9.11. The van der Waals surface area contributed by atoms with Gasteiger partial charge in [-0.1, -0.05) is 15.9 Å². The molecule has 9 heteroatoms. The van der Waals surface area contributed by atoms with E-state index in [9.17, 15) is 13.2 Å². The minimum Gasteiger partial charge on any atom is -0.351 e. The normalized spacial score (nSPS) is 11.0. The number of urea groups is 1. The summed E-state index contributed by atoms with van der Waals surface area (Å²) in [6, 6.07) is 10.3. The van der Waals surface area contributed by atoms with Crippen LogP contribution in [0.15, 0.2) is 56.3 Å². The highest BCUT2D eigenvalue weighted by Gasteiger charge is 2.18. The average molecular weight is 449 g/mol. The maximum absolute atomic E-state index is 12.4. The number of hydrogen-bond acceptors (Lipinski definition) is 3. The summed E-state index contributed by atoms with van der Waals surface area (Å²) in [5.74, 6) is 0. The molecule has 0 bridgehead atoms. The van der Waals surface area contributed by atoms with E-state index in [4.69, 9.17) is 5.73 Å².